The van der Waals surface area contributed by atoms with Crippen molar-refractivity contribution < 1.29 is 4.79 Å². The number of rotatable bonds is 4. The van der Waals surface area contributed by atoms with E-state index in [9.17, 15) is 4.79 Å². The lowest BCUT2D eigenvalue weighted by Gasteiger charge is -2.08. The van der Waals surface area contributed by atoms with E-state index in [1.54, 1.807) is 0 Å². The number of aryl methyl sites for hydroxylation is 1. The van der Waals surface area contributed by atoms with Gasteiger partial charge in [0, 0.05) is 11.3 Å². The molecule has 0 spiro atoms. The Labute approximate surface area is 118 Å². The third-order valence-electron chi connectivity index (χ3n) is 4.00. The van der Waals surface area contributed by atoms with Crippen molar-refractivity contribution in [3.8, 4) is 6.07 Å². The van der Waals surface area contributed by atoms with Gasteiger partial charge in [-0.2, -0.15) is 5.26 Å². The molecule has 0 unspecified atom stereocenters. The molecular weight excluding hydrogens is 256 g/mol. The van der Waals surface area contributed by atoms with E-state index < -0.39 is 0 Å². The molecule has 1 aromatic heterocycles. The van der Waals surface area contributed by atoms with Gasteiger partial charge in [0.05, 0.1) is 5.56 Å². The van der Waals surface area contributed by atoms with E-state index in [0.717, 1.165) is 22.8 Å². The average molecular weight is 276 g/mol. The highest BCUT2D eigenvalue weighted by Crippen LogP contribution is 2.32. The monoisotopic (exact) mass is 276 g/mol. The number of carbonyl (C=O) groups excluding carboxylic acids is 1. The maximum absolute atomic E-state index is 11.9. The Morgan fingerprint density at radius 3 is 2.74 bits per heavy atom. The zero-order chi connectivity index (χ0) is 13.8. The molecule has 0 atom stereocenters. The van der Waals surface area contributed by atoms with Crippen molar-refractivity contribution in [2.75, 3.05) is 5.32 Å². The number of amides is 1. The normalized spacial score (nSPS) is 15.4. The Kier molecular flexibility index (Phi) is 4.60. The van der Waals surface area contributed by atoms with Gasteiger partial charge in [-0.15, -0.1) is 11.3 Å². The molecule has 0 aliphatic heterocycles. The summed E-state index contributed by atoms with van der Waals surface area (Å²) in [6, 6.07) is 2.18. The number of hydrogen-bond donors (Lipinski definition) is 1. The van der Waals surface area contributed by atoms with E-state index in [2.05, 4.69) is 11.4 Å². The van der Waals surface area contributed by atoms with Gasteiger partial charge in [0.25, 0.3) is 0 Å². The first-order valence-electron chi connectivity index (χ1n) is 6.91. The van der Waals surface area contributed by atoms with Crippen LogP contribution in [0.5, 0.6) is 0 Å². The maximum Gasteiger partial charge on any atom is 0.225 e. The molecule has 1 aliphatic carbocycles. The van der Waals surface area contributed by atoms with E-state index in [4.69, 9.17) is 5.26 Å². The van der Waals surface area contributed by atoms with Gasteiger partial charge < -0.3 is 5.32 Å². The predicted octanol–water partition coefficient (Wildman–Crippen LogP) is 4.15. The van der Waals surface area contributed by atoms with Crippen LogP contribution in [0.2, 0.25) is 0 Å². The van der Waals surface area contributed by atoms with E-state index in [1.807, 2.05) is 13.8 Å². The quantitative estimate of drug-likeness (QED) is 0.898. The first kappa shape index (κ1) is 14.1. The van der Waals surface area contributed by atoms with Crippen LogP contribution >= 0.6 is 11.3 Å². The second-order valence-corrected chi connectivity index (χ2v) is 6.56. The highest BCUT2D eigenvalue weighted by Gasteiger charge is 2.18. The third-order valence-corrected chi connectivity index (χ3v) is 5.13. The third kappa shape index (κ3) is 3.36. The number of hydrogen-bond acceptors (Lipinski definition) is 3. The van der Waals surface area contributed by atoms with Crippen molar-refractivity contribution in [1.29, 1.82) is 5.26 Å². The van der Waals surface area contributed by atoms with Crippen molar-refractivity contribution in [2.24, 2.45) is 5.92 Å². The molecule has 102 valence electrons. The fraction of sp³-hybridized carbons (Fsp3) is 0.600. The van der Waals surface area contributed by atoms with E-state index in [1.165, 1.54) is 37.0 Å². The number of nitrogens with one attached hydrogen (secondary N) is 1. The van der Waals surface area contributed by atoms with E-state index in [0.29, 0.717) is 17.0 Å². The SMILES string of the molecule is Cc1sc(NC(=O)CCC2CCCC2)c(C#N)c1C. The Morgan fingerprint density at radius 1 is 1.42 bits per heavy atom. The van der Waals surface area contributed by atoms with Gasteiger partial charge in [-0.1, -0.05) is 25.7 Å². The van der Waals surface area contributed by atoms with Crippen LogP contribution in [0.15, 0.2) is 0 Å². The lowest BCUT2D eigenvalue weighted by atomic mass is 10.0. The predicted molar refractivity (Wildman–Crippen MR) is 78.3 cm³/mol. The smallest absolute Gasteiger partial charge is 0.225 e. The molecule has 0 saturated heterocycles. The van der Waals surface area contributed by atoms with Gasteiger partial charge >= 0.3 is 0 Å². The number of carbonyl (C=O) groups is 1. The minimum atomic E-state index is 0.0460. The van der Waals surface area contributed by atoms with Crippen LogP contribution in [-0.4, -0.2) is 5.91 Å². The molecule has 0 radical (unpaired) electrons. The van der Waals surface area contributed by atoms with Crippen LogP contribution in [0.3, 0.4) is 0 Å². The standard InChI is InChI=1S/C15H20N2OS/c1-10-11(2)19-15(13(10)9-16)17-14(18)8-7-12-5-3-4-6-12/h12H,3-8H2,1-2H3,(H,17,18). The number of thiophene rings is 1. The molecule has 1 amide bonds. The van der Waals surface area contributed by atoms with E-state index in [-0.39, 0.29) is 5.91 Å². The molecule has 1 N–H and O–H groups in total. The largest absolute Gasteiger partial charge is 0.317 e. The summed E-state index contributed by atoms with van der Waals surface area (Å²) in [7, 11) is 0. The molecule has 0 bridgehead atoms. The second-order valence-electron chi connectivity index (χ2n) is 5.34. The van der Waals surface area contributed by atoms with Crippen LogP contribution in [0.1, 0.15) is 54.5 Å². The Hall–Kier alpha value is -1.34. The summed E-state index contributed by atoms with van der Waals surface area (Å²) in [5, 5.41) is 12.8. The van der Waals surface area contributed by atoms with Crippen molar-refractivity contribution in [3.05, 3.63) is 16.0 Å². The van der Waals surface area contributed by atoms with Crippen molar-refractivity contribution >= 4 is 22.2 Å². The maximum atomic E-state index is 11.9. The lowest BCUT2D eigenvalue weighted by Crippen LogP contribution is -2.12. The first-order chi connectivity index (χ1) is 9.11. The summed E-state index contributed by atoms with van der Waals surface area (Å²) in [6.45, 7) is 3.91. The topological polar surface area (TPSA) is 52.9 Å². The van der Waals surface area contributed by atoms with Gasteiger partial charge in [0.15, 0.2) is 0 Å². The summed E-state index contributed by atoms with van der Waals surface area (Å²) in [6.07, 6.45) is 6.73. The fourth-order valence-corrected chi connectivity index (χ4v) is 3.70. The summed E-state index contributed by atoms with van der Waals surface area (Å²) in [5.41, 5.74) is 1.61. The van der Waals surface area contributed by atoms with Crippen molar-refractivity contribution in [3.63, 3.8) is 0 Å². The van der Waals surface area contributed by atoms with Crippen LogP contribution in [-0.2, 0) is 4.79 Å². The molecule has 1 heterocycles. The fourth-order valence-electron chi connectivity index (χ4n) is 2.67. The first-order valence-corrected chi connectivity index (χ1v) is 7.73. The molecule has 4 heteroatoms. The minimum absolute atomic E-state index is 0.0460. The Bertz CT molecular complexity index is 507. The van der Waals surface area contributed by atoms with Crippen LogP contribution in [0, 0.1) is 31.1 Å². The second kappa shape index (κ2) is 6.21. The molecule has 2 rings (SSSR count). The Balaban J connectivity index is 1.91. The summed E-state index contributed by atoms with van der Waals surface area (Å²) in [4.78, 5) is 13.0. The number of anilines is 1. The number of nitriles is 1. The zero-order valence-corrected chi connectivity index (χ0v) is 12.4. The summed E-state index contributed by atoms with van der Waals surface area (Å²) in [5.74, 6) is 0.776. The molecule has 3 nitrogen and oxygen atoms in total. The van der Waals surface area contributed by atoms with Gasteiger partial charge in [-0.25, -0.2) is 0 Å². The zero-order valence-electron chi connectivity index (χ0n) is 11.6. The highest BCUT2D eigenvalue weighted by atomic mass is 32.1. The van der Waals surface area contributed by atoms with Crippen LogP contribution in [0.25, 0.3) is 0 Å². The summed E-state index contributed by atoms with van der Waals surface area (Å²) < 4.78 is 0. The number of nitrogens with zero attached hydrogens (tertiary/aromatic N) is 1. The van der Waals surface area contributed by atoms with Crippen LogP contribution in [0.4, 0.5) is 5.00 Å². The van der Waals surface area contributed by atoms with Gasteiger partial charge in [0.2, 0.25) is 5.91 Å². The van der Waals surface area contributed by atoms with Gasteiger partial charge in [-0.3, -0.25) is 4.79 Å². The highest BCUT2D eigenvalue weighted by molar-refractivity contribution is 7.16. The van der Waals surface area contributed by atoms with Gasteiger partial charge in [0.1, 0.15) is 11.1 Å². The molecule has 0 aromatic carbocycles. The molecule has 1 aliphatic rings. The minimum Gasteiger partial charge on any atom is -0.317 e. The molecule has 1 saturated carbocycles. The molecule has 19 heavy (non-hydrogen) atoms. The Morgan fingerprint density at radius 2 is 2.11 bits per heavy atom. The van der Waals surface area contributed by atoms with Crippen LogP contribution < -0.4 is 5.32 Å². The van der Waals surface area contributed by atoms with Crippen molar-refractivity contribution in [2.45, 2.75) is 52.4 Å². The molecule has 1 fully saturated rings. The molecule has 1 aromatic rings. The lowest BCUT2D eigenvalue weighted by molar-refractivity contribution is -0.116. The van der Waals surface area contributed by atoms with Gasteiger partial charge in [-0.05, 0) is 31.7 Å². The van der Waals surface area contributed by atoms with E-state index >= 15 is 0 Å². The average Bonchev–Trinajstić information content (AvgIpc) is 2.97. The van der Waals surface area contributed by atoms with Crippen molar-refractivity contribution in [1.82, 2.24) is 0 Å². The summed E-state index contributed by atoms with van der Waals surface area (Å²) >= 11 is 1.50. The molecular formula is C15H20N2OS.